The van der Waals surface area contributed by atoms with E-state index in [1.807, 2.05) is 25.1 Å². The summed E-state index contributed by atoms with van der Waals surface area (Å²) in [5, 5.41) is 0. The Morgan fingerprint density at radius 3 is 2.34 bits per heavy atom. The van der Waals surface area contributed by atoms with Gasteiger partial charge in [-0.05, 0) is 74.1 Å². The first-order valence-corrected chi connectivity index (χ1v) is 12.0. The Kier molecular flexibility index (Phi) is 16.6. The normalized spacial score (nSPS) is 10.8. The van der Waals surface area contributed by atoms with Crippen molar-refractivity contribution in [3.05, 3.63) is 56.7 Å². The van der Waals surface area contributed by atoms with E-state index in [-0.39, 0.29) is 15.6 Å². The smallest absolute Gasteiger partial charge is 0.125 e. The van der Waals surface area contributed by atoms with Gasteiger partial charge in [-0.2, -0.15) is 0 Å². The van der Waals surface area contributed by atoms with E-state index < -0.39 is 0 Å². The number of nitrogens with one attached hydrogen (secondary N) is 1. The minimum absolute atomic E-state index is 0.177. The summed E-state index contributed by atoms with van der Waals surface area (Å²) < 4.78 is 17.7. The molecule has 0 bridgehead atoms. The summed E-state index contributed by atoms with van der Waals surface area (Å²) in [5.74, 6) is 1.72. The number of rotatable bonds is 17. The molecular formula is C23H31Cl4NO4. The van der Waals surface area contributed by atoms with Crippen LogP contribution in [0.1, 0.15) is 37.3 Å². The van der Waals surface area contributed by atoms with Crippen LogP contribution in [-0.4, -0.2) is 33.0 Å². The van der Waals surface area contributed by atoms with Crippen LogP contribution in [-0.2, 0) is 16.0 Å². The topological polar surface area (TPSA) is 49.0 Å². The van der Waals surface area contributed by atoms with E-state index in [0.29, 0.717) is 26.4 Å². The highest BCUT2D eigenvalue weighted by Crippen LogP contribution is 2.30. The molecule has 32 heavy (non-hydrogen) atoms. The van der Waals surface area contributed by atoms with Crippen LogP contribution in [0.4, 0.5) is 0 Å². The van der Waals surface area contributed by atoms with Crippen molar-refractivity contribution in [2.75, 3.05) is 33.0 Å². The molecule has 0 aliphatic rings. The van der Waals surface area contributed by atoms with Crippen molar-refractivity contribution in [2.45, 2.75) is 39.5 Å². The Morgan fingerprint density at radius 1 is 0.906 bits per heavy atom. The fourth-order valence-electron chi connectivity index (χ4n) is 2.67. The van der Waals surface area contributed by atoms with Gasteiger partial charge in [-0.3, -0.25) is 10.3 Å². The van der Waals surface area contributed by atoms with Gasteiger partial charge in [-0.1, -0.05) is 53.3 Å². The molecule has 0 fully saturated rings. The van der Waals surface area contributed by atoms with Crippen LogP contribution < -0.4 is 15.0 Å². The molecule has 0 heterocycles. The molecule has 0 amide bonds. The molecule has 0 radical (unpaired) electrons. The highest BCUT2D eigenvalue weighted by Gasteiger charge is 2.09. The van der Waals surface area contributed by atoms with E-state index in [4.69, 9.17) is 65.5 Å². The van der Waals surface area contributed by atoms with E-state index in [1.54, 1.807) is 12.3 Å². The summed E-state index contributed by atoms with van der Waals surface area (Å²) >= 11 is 22.1. The molecular weight excluding hydrogens is 496 g/mol. The summed E-state index contributed by atoms with van der Waals surface area (Å²) in [4.78, 5) is 5.04. The summed E-state index contributed by atoms with van der Waals surface area (Å²) in [6.45, 7) is 6.61. The molecule has 1 aromatic carbocycles. The molecule has 0 unspecified atom stereocenters. The third-order valence-electron chi connectivity index (χ3n) is 4.18. The highest BCUT2D eigenvalue weighted by atomic mass is 35.5. The summed E-state index contributed by atoms with van der Waals surface area (Å²) in [7, 11) is 0. The monoisotopic (exact) mass is 525 g/mol. The molecule has 5 nitrogen and oxygen atoms in total. The van der Waals surface area contributed by atoms with Crippen molar-refractivity contribution in [2.24, 2.45) is 0 Å². The molecule has 180 valence electrons. The predicted molar refractivity (Wildman–Crippen MR) is 134 cm³/mol. The van der Waals surface area contributed by atoms with Gasteiger partial charge < -0.3 is 14.2 Å². The van der Waals surface area contributed by atoms with Crippen molar-refractivity contribution in [3.63, 3.8) is 0 Å². The zero-order chi connectivity index (χ0) is 23.6. The molecule has 1 N–H and O–H groups in total. The number of ether oxygens (including phenoxy) is 3. The first-order chi connectivity index (χ1) is 15.4. The van der Waals surface area contributed by atoms with E-state index in [1.165, 1.54) is 6.08 Å². The minimum atomic E-state index is 0.177. The van der Waals surface area contributed by atoms with E-state index in [2.05, 4.69) is 12.4 Å². The summed E-state index contributed by atoms with van der Waals surface area (Å²) in [6, 6.07) is 3.97. The number of hydrogen-bond acceptors (Lipinski definition) is 5. The Hall–Kier alpha value is -1.08. The number of benzene rings is 1. The van der Waals surface area contributed by atoms with Gasteiger partial charge in [0.25, 0.3) is 0 Å². The first-order valence-electron chi connectivity index (χ1n) is 10.5. The fraction of sp³-hybridized carbons (Fsp3) is 0.478. The van der Waals surface area contributed by atoms with Crippen LogP contribution in [0, 0.1) is 6.92 Å². The van der Waals surface area contributed by atoms with Crippen LogP contribution >= 0.6 is 46.4 Å². The van der Waals surface area contributed by atoms with E-state index in [9.17, 15) is 0 Å². The van der Waals surface area contributed by atoms with Gasteiger partial charge in [0.15, 0.2) is 0 Å². The van der Waals surface area contributed by atoms with E-state index in [0.717, 1.165) is 48.3 Å². The van der Waals surface area contributed by atoms with Gasteiger partial charge >= 0.3 is 0 Å². The number of aryl methyl sites for hydroxylation is 2. The Balaban J connectivity index is 2.19. The van der Waals surface area contributed by atoms with Crippen molar-refractivity contribution >= 4 is 46.4 Å². The van der Waals surface area contributed by atoms with Crippen molar-refractivity contribution in [1.82, 2.24) is 5.48 Å². The van der Waals surface area contributed by atoms with Crippen LogP contribution in [0.2, 0.25) is 0 Å². The van der Waals surface area contributed by atoms with Gasteiger partial charge in [0.1, 0.15) is 27.1 Å². The second-order valence-corrected chi connectivity index (χ2v) is 8.71. The SMILES string of the molecule is CCc1cc(OCC=C(Cl)Cl)cc(C)c1OCCCCCOCC=CNOCC=C(Cl)Cl. The van der Waals surface area contributed by atoms with Crippen molar-refractivity contribution in [3.8, 4) is 11.5 Å². The predicted octanol–water partition coefficient (Wildman–Crippen LogP) is 7.17. The molecule has 9 heteroatoms. The van der Waals surface area contributed by atoms with Crippen LogP contribution in [0.3, 0.4) is 0 Å². The van der Waals surface area contributed by atoms with Crippen LogP contribution in [0.25, 0.3) is 0 Å². The maximum Gasteiger partial charge on any atom is 0.125 e. The zero-order valence-electron chi connectivity index (χ0n) is 18.5. The standard InChI is InChI=1S/C23H31Cl4NO4/c1-3-19-17-20(30-14-8-21(24)25)16-18(2)23(19)31-13-6-4-5-11-29-12-7-10-28-32-15-9-22(26)27/h7-10,16-17,28H,3-6,11-15H2,1-2H3. The summed E-state index contributed by atoms with van der Waals surface area (Å²) in [6.07, 6.45) is 10.5. The number of hydroxylamine groups is 1. The first kappa shape index (κ1) is 29.0. The Bertz CT molecular complexity index is 746. The Labute approximate surface area is 211 Å². The lowest BCUT2D eigenvalue weighted by molar-refractivity contribution is 0.0939. The number of unbranched alkanes of at least 4 members (excludes halogenated alkanes) is 2. The quantitative estimate of drug-likeness (QED) is 0.172. The molecule has 0 atom stereocenters. The third kappa shape index (κ3) is 14.1. The molecule has 1 aromatic rings. The van der Waals surface area contributed by atoms with Crippen molar-refractivity contribution < 1.29 is 19.0 Å². The Morgan fingerprint density at radius 2 is 1.62 bits per heavy atom. The average Bonchev–Trinajstić information content (AvgIpc) is 2.74. The minimum Gasteiger partial charge on any atom is -0.493 e. The van der Waals surface area contributed by atoms with Crippen molar-refractivity contribution in [1.29, 1.82) is 0 Å². The van der Waals surface area contributed by atoms with Crippen LogP contribution in [0.15, 0.2) is 45.5 Å². The zero-order valence-corrected chi connectivity index (χ0v) is 21.5. The lowest BCUT2D eigenvalue weighted by Gasteiger charge is -2.15. The second-order valence-electron chi connectivity index (χ2n) is 6.70. The highest BCUT2D eigenvalue weighted by molar-refractivity contribution is 6.56. The lowest BCUT2D eigenvalue weighted by atomic mass is 10.1. The lowest BCUT2D eigenvalue weighted by Crippen LogP contribution is -2.07. The molecule has 0 aliphatic heterocycles. The average molecular weight is 527 g/mol. The van der Waals surface area contributed by atoms with Gasteiger partial charge in [0.2, 0.25) is 0 Å². The van der Waals surface area contributed by atoms with Gasteiger partial charge in [0, 0.05) is 12.8 Å². The van der Waals surface area contributed by atoms with Gasteiger partial charge in [-0.25, -0.2) is 0 Å². The van der Waals surface area contributed by atoms with Gasteiger partial charge in [-0.15, -0.1) is 0 Å². The number of halogens is 4. The molecule has 0 saturated carbocycles. The summed E-state index contributed by atoms with van der Waals surface area (Å²) in [5.41, 5.74) is 4.82. The van der Waals surface area contributed by atoms with Crippen LogP contribution in [0.5, 0.6) is 11.5 Å². The molecule has 0 saturated heterocycles. The fourth-order valence-corrected chi connectivity index (χ4v) is 2.92. The molecule has 0 spiro atoms. The number of hydrogen-bond donors (Lipinski definition) is 1. The molecule has 1 rings (SSSR count). The third-order valence-corrected chi connectivity index (χ3v) is 4.79. The maximum absolute atomic E-state index is 6.06. The van der Waals surface area contributed by atoms with Gasteiger partial charge in [0.05, 0.1) is 19.8 Å². The largest absolute Gasteiger partial charge is 0.493 e. The van der Waals surface area contributed by atoms with E-state index >= 15 is 0 Å². The molecule has 0 aromatic heterocycles. The maximum atomic E-state index is 6.06. The second kappa shape index (κ2) is 18.4. The molecule has 0 aliphatic carbocycles.